The predicted octanol–water partition coefficient (Wildman–Crippen LogP) is 5.36. The first kappa shape index (κ1) is 17.0. The Morgan fingerprint density at radius 1 is 0.786 bits per heavy atom. The SMILES string of the molecule is Cc1nc2c(N3CCCCC3)c(-c3ccccc3)nn2cc1-c1ccccc1. The van der Waals surface area contributed by atoms with Crippen molar-refractivity contribution in [2.24, 2.45) is 0 Å². The summed E-state index contributed by atoms with van der Waals surface area (Å²) in [5.74, 6) is 0. The standard InChI is InChI=1S/C24H24N4/c1-18-21(19-11-5-2-6-12-19)17-28-24(25-18)23(27-15-9-4-10-16-27)22(26-28)20-13-7-3-8-14-20/h2-3,5-8,11-14,17H,4,9-10,15-16H2,1H3. The number of fused-ring (bicyclic) bond motifs is 1. The molecular formula is C24H24N4. The molecule has 3 heterocycles. The second-order valence-electron chi connectivity index (χ2n) is 7.49. The van der Waals surface area contributed by atoms with Crippen LogP contribution in [0.2, 0.25) is 0 Å². The molecule has 0 radical (unpaired) electrons. The lowest BCUT2D eigenvalue weighted by Gasteiger charge is -2.28. The Morgan fingerprint density at radius 2 is 1.43 bits per heavy atom. The average Bonchev–Trinajstić information content (AvgIpc) is 3.13. The Labute approximate surface area is 165 Å². The smallest absolute Gasteiger partial charge is 0.179 e. The van der Waals surface area contributed by atoms with Crippen molar-refractivity contribution in [3.8, 4) is 22.4 Å². The summed E-state index contributed by atoms with van der Waals surface area (Å²) < 4.78 is 1.97. The van der Waals surface area contributed by atoms with Crippen molar-refractivity contribution < 1.29 is 0 Å². The van der Waals surface area contributed by atoms with Crippen LogP contribution in [-0.4, -0.2) is 27.7 Å². The van der Waals surface area contributed by atoms with Crippen molar-refractivity contribution in [3.05, 3.63) is 72.6 Å². The lowest BCUT2D eigenvalue weighted by atomic mass is 10.1. The lowest BCUT2D eigenvalue weighted by molar-refractivity contribution is 0.579. The molecule has 0 amide bonds. The van der Waals surface area contributed by atoms with Gasteiger partial charge in [-0.05, 0) is 31.7 Å². The summed E-state index contributed by atoms with van der Waals surface area (Å²) in [5, 5.41) is 5.00. The molecule has 0 unspecified atom stereocenters. The fourth-order valence-corrected chi connectivity index (χ4v) is 4.15. The number of rotatable bonds is 3. The number of hydrogen-bond donors (Lipinski definition) is 0. The molecule has 4 aromatic rings. The molecule has 28 heavy (non-hydrogen) atoms. The second-order valence-corrected chi connectivity index (χ2v) is 7.49. The molecule has 1 aliphatic heterocycles. The first-order chi connectivity index (χ1) is 13.8. The molecule has 0 aliphatic carbocycles. The fourth-order valence-electron chi connectivity index (χ4n) is 4.15. The summed E-state index contributed by atoms with van der Waals surface area (Å²) in [6, 6.07) is 20.9. The number of anilines is 1. The van der Waals surface area contributed by atoms with E-state index in [1.165, 1.54) is 30.5 Å². The highest BCUT2D eigenvalue weighted by Gasteiger charge is 2.23. The van der Waals surface area contributed by atoms with Gasteiger partial charge in [0.25, 0.3) is 0 Å². The fraction of sp³-hybridized carbons (Fsp3) is 0.250. The molecule has 0 saturated carbocycles. The highest BCUT2D eigenvalue weighted by Crippen LogP contribution is 2.36. The summed E-state index contributed by atoms with van der Waals surface area (Å²) >= 11 is 0. The third-order valence-corrected chi connectivity index (χ3v) is 5.58. The van der Waals surface area contributed by atoms with Gasteiger partial charge in [0.2, 0.25) is 0 Å². The maximum absolute atomic E-state index is 5.03. The third kappa shape index (κ3) is 2.95. The Bertz CT molecular complexity index is 1090. The molecule has 4 heteroatoms. The highest BCUT2D eigenvalue weighted by atomic mass is 15.3. The van der Waals surface area contributed by atoms with E-state index in [-0.39, 0.29) is 0 Å². The molecule has 1 saturated heterocycles. The quantitative estimate of drug-likeness (QED) is 0.488. The minimum absolute atomic E-state index is 0.956. The normalized spacial score (nSPS) is 14.5. The first-order valence-electron chi connectivity index (χ1n) is 10.1. The summed E-state index contributed by atoms with van der Waals surface area (Å²) in [6.07, 6.45) is 5.90. The molecule has 1 aliphatic rings. The predicted molar refractivity (Wildman–Crippen MR) is 115 cm³/mol. The van der Waals surface area contributed by atoms with Gasteiger partial charge in [0.1, 0.15) is 11.4 Å². The van der Waals surface area contributed by atoms with Crippen LogP contribution in [0.25, 0.3) is 28.0 Å². The van der Waals surface area contributed by atoms with Crippen molar-refractivity contribution in [1.29, 1.82) is 0 Å². The molecule has 0 bridgehead atoms. The maximum Gasteiger partial charge on any atom is 0.179 e. The van der Waals surface area contributed by atoms with E-state index in [2.05, 4.69) is 72.6 Å². The van der Waals surface area contributed by atoms with E-state index in [4.69, 9.17) is 10.1 Å². The van der Waals surface area contributed by atoms with Crippen LogP contribution >= 0.6 is 0 Å². The third-order valence-electron chi connectivity index (χ3n) is 5.58. The summed E-state index contributed by atoms with van der Waals surface area (Å²) in [7, 11) is 0. The van der Waals surface area contributed by atoms with Crippen molar-refractivity contribution in [3.63, 3.8) is 0 Å². The number of benzene rings is 2. The molecule has 5 rings (SSSR count). The van der Waals surface area contributed by atoms with Crippen molar-refractivity contribution >= 4 is 11.3 Å². The molecule has 140 valence electrons. The number of aryl methyl sites for hydroxylation is 1. The van der Waals surface area contributed by atoms with E-state index >= 15 is 0 Å². The molecule has 0 N–H and O–H groups in total. The number of nitrogens with zero attached hydrogens (tertiary/aromatic N) is 4. The Morgan fingerprint density at radius 3 is 2.11 bits per heavy atom. The Kier molecular flexibility index (Phi) is 4.32. The average molecular weight is 368 g/mol. The van der Waals surface area contributed by atoms with Gasteiger partial charge in [0, 0.05) is 36.1 Å². The van der Waals surface area contributed by atoms with Crippen LogP contribution in [0.4, 0.5) is 5.69 Å². The van der Waals surface area contributed by atoms with Gasteiger partial charge >= 0.3 is 0 Å². The molecule has 4 nitrogen and oxygen atoms in total. The number of aromatic nitrogens is 3. The highest BCUT2D eigenvalue weighted by molar-refractivity contribution is 5.86. The van der Waals surface area contributed by atoms with Crippen LogP contribution in [-0.2, 0) is 0 Å². The zero-order valence-corrected chi connectivity index (χ0v) is 16.2. The van der Waals surface area contributed by atoms with E-state index in [0.717, 1.165) is 41.3 Å². The Hall–Kier alpha value is -3.14. The van der Waals surface area contributed by atoms with Gasteiger partial charge in [-0.3, -0.25) is 0 Å². The Balaban J connectivity index is 1.73. The molecular weight excluding hydrogens is 344 g/mol. The van der Waals surface area contributed by atoms with Gasteiger partial charge in [-0.15, -0.1) is 0 Å². The maximum atomic E-state index is 5.03. The van der Waals surface area contributed by atoms with Crippen LogP contribution < -0.4 is 4.90 Å². The minimum atomic E-state index is 0.956. The summed E-state index contributed by atoms with van der Waals surface area (Å²) in [5.41, 5.74) is 7.64. The van der Waals surface area contributed by atoms with Gasteiger partial charge in [-0.2, -0.15) is 5.10 Å². The van der Waals surface area contributed by atoms with E-state index < -0.39 is 0 Å². The van der Waals surface area contributed by atoms with Gasteiger partial charge in [-0.1, -0.05) is 60.7 Å². The minimum Gasteiger partial charge on any atom is -0.367 e. The van der Waals surface area contributed by atoms with Crippen LogP contribution in [0.5, 0.6) is 0 Å². The topological polar surface area (TPSA) is 33.4 Å². The van der Waals surface area contributed by atoms with Crippen LogP contribution in [0, 0.1) is 6.92 Å². The second kappa shape index (κ2) is 7.12. The van der Waals surface area contributed by atoms with Gasteiger partial charge in [-0.25, -0.2) is 9.50 Å². The van der Waals surface area contributed by atoms with E-state index in [9.17, 15) is 0 Å². The van der Waals surface area contributed by atoms with Gasteiger partial charge < -0.3 is 4.90 Å². The van der Waals surface area contributed by atoms with Crippen molar-refractivity contribution in [2.75, 3.05) is 18.0 Å². The monoisotopic (exact) mass is 368 g/mol. The van der Waals surface area contributed by atoms with E-state index in [1.807, 2.05) is 10.6 Å². The van der Waals surface area contributed by atoms with Crippen LogP contribution in [0.1, 0.15) is 25.0 Å². The van der Waals surface area contributed by atoms with E-state index in [1.54, 1.807) is 0 Å². The summed E-state index contributed by atoms with van der Waals surface area (Å²) in [4.78, 5) is 7.51. The van der Waals surface area contributed by atoms with Gasteiger partial charge in [0.05, 0.1) is 0 Å². The first-order valence-corrected chi connectivity index (χ1v) is 10.1. The molecule has 2 aromatic carbocycles. The molecule has 2 aromatic heterocycles. The number of piperidine rings is 1. The molecule has 1 fully saturated rings. The molecule has 0 atom stereocenters. The summed E-state index contributed by atoms with van der Waals surface area (Å²) in [6.45, 7) is 4.24. The number of hydrogen-bond acceptors (Lipinski definition) is 3. The molecule has 0 spiro atoms. The zero-order chi connectivity index (χ0) is 18.9. The van der Waals surface area contributed by atoms with Crippen molar-refractivity contribution in [1.82, 2.24) is 14.6 Å². The van der Waals surface area contributed by atoms with Crippen LogP contribution in [0.15, 0.2) is 66.9 Å². The van der Waals surface area contributed by atoms with E-state index in [0.29, 0.717) is 0 Å². The van der Waals surface area contributed by atoms with Gasteiger partial charge in [0.15, 0.2) is 5.65 Å². The zero-order valence-electron chi connectivity index (χ0n) is 16.2. The van der Waals surface area contributed by atoms with Crippen molar-refractivity contribution in [2.45, 2.75) is 26.2 Å². The van der Waals surface area contributed by atoms with Crippen LogP contribution in [0.3, 0.4) is 0 Å². The lowest BCUT2D eigenvalue weighted by Crippen LogP contribution is -2.29. The largest absolute Gasteiger partial charge is 0.367 e.